The molecule has 0 amide bonds. The molecule has 2 N–H and O–H groups in total. The topological polar surface area (TPSA) is 49.6 Å². The number of rotatable bonds is 3. The van der Waals surface area contributed by atoms with Crippen molar-refractivity contribution in [3.63, 3.8) is 0 Å². The molecule has 1 aromatic rings. The average molecular weight is 279 g/mol. The van der Waals surface area contributed by atoms with Crippen molar-refractivity contribution in [2.75, 3.05) is 0 Å². The lowest BCUT2D eigenvalue weighted by Crippen LogP contribution is -2.44. The number of hydrogen-bond acceptors (Lipinski definition) is 3. The third kappa shape index (κ3) is 4.35. The maximum absolute atomic E-state index is 5.71. The number of nitrogens with zero attached hydrogens (tertiary/aromatic N) is 1. The minimum Gasteiger partial charge on any atom is -0.460 e. The summed E-state index contributed by atoms with van der Waals surface area (Å²) < 4.78 is 5.71. The average Bonchev–Trinajstić information content (AvgIpc) is 2.82. The van der Waals surface area contributed by atoms with Gasteiger partial charge in [-0.2, -0.15) is 5.10 Å². The fourth-order valence-electron chi connectivity index (χ4n) is 1.88. The smallest absolute Gasteiger partial charge is 0.187 e. The molecule has 0 spiro atoms. The Morgan fingerprint density at radius 1 is 1.47 bits per heavy atom. The Morgan fingerprint density at radius 3 is 2.74 bits per heavy atom. The van der Waals surface area contributed by atoms with Gasteiger partial charge in [-0.1, -0.05) is 6.92 Å². The zero-order valence-corrected chi connectivity index (χ0v) is 12.7. The van der Waals surface area contributed by atoms with Gasteiger partial charge >= 0.3 is 0 Å². The first-order chi connectivity index (χ1) is 8.85. The molecule has 4 nitrogen and oxygen atoms in total. The van der Waals surface area contributed by atoms with Crippen molar-refractivity contribution >= 4 is 23.5 Å². The molecule has 1 aliphatic rings. The molecule has 0 unspecified atom stereocenters. The van der Waals surface area contributed by atoms with Gasteiger partial charge in [-0.3, -0.25) is 5.43 Å². The largest absolute Gasteiger partial charge is 0.460 e. The predicted octanol–water partition coefficient (Wildman–Crippen LogP) is 3.00. The molecule has 1 heterocycles. The van der Waals surface area contributed by atoms with Gasteiger partial charge in [-0.25, -0.2) is 0 Å². The van der Waals surface area contributed by atoms with E-state index in [2.05, 4.69) is 22.8 Å². The van der Waals surface area contributed by atoms with Crippen molar-refractivity contribution in [3.8, 4) is 0 Å². The molecule has 2 rings (SSSR count). The number of furan rings is 1. The molecular weight excluding hydrogens is 258 g/mol. The zero-order chi connectivity index (χ0) is 14.0. The summed E-state index contributed by atoms with van der Waals surface area (Å²) in [6.45, 7) is 8.36. The van der Waals surface area contributed by atoms with E-state index in [1.807, 2.05) is 32.9 Å². The lowest BCUT2D eigenvalue weighted by atomic mass is 10.1. The van der Waals surface area contributed by atoms with Crippen molar-refractivity contribution in [2.24, 2.45) is 11.0 Å². The summed E-state index contributed by atoms with van der Waals surface area (Å²) in [7, 11) is 0. The normalized spacial score (nSPS) is 22.5. The van der Waals surface area contributed by atoms with Gasteiger partial charge in [0.05, 0.1) is 6.21 Å². The molecule has 2 atom stereocenters. The second-order valence-corrected chi connectivity index (χ2v) is 6.54. The second-order valence-electron chi connectivity index (χ2n) is 6.13. The van der Waals surface area contributed by atoms with E-state index in [0.29, 0.717) is 11.0 Å². The summed E-state index contributed by atoms with van der Waals surface area (Å²) in [6, 6.07) is 3.97. The summed E-state index contributed by atoms with van der Waals surface area (Å²) in [5.74, 6) is 3.15. The zero-order valence-electron chi connectivity index (χ0n) is 11.9. The van der Waals surface area contributed by atoms with Crippen LogP contribution in [0.15, 0.2) is 21.7 Å². The highest BCUT2D eigenvalue weighted by Gasteiger charge is 2.36. The van der Waals surface area contributed by atoms with E-state index in [-0.39, 0.29) is 5.54 Å². The fourth-order valence-corrected chi connectivity index (χ4v) is 2.24. The van der Waals surface area contributed by atoms with Crippen molar-refractivity contribution in [1.82, 2.24) is 10.7 Å². The Balaban J connectivity index is 1.82. The van der Waals surface area contributed by atoms with E-state index in [1.165, 1.54) is 6.42 Å². The molecule has 1 aromatic heterocycles. The summed E-state index contributed by atoms with van der Waals surface area (Å²) in [5, 5.41) is 7.69. The minimum absolute atomic E-state index is 0.0699. The highest BCUT2D eigenvalue weighted by Crippen LogP contribution is 2.47. The number of hydrazone groups is 1. The van der Waals surface area contributed by atoms with Crippen LogP contribution in [-0.2, 0) is 0 Å². The summed E-state index contributed by atoms with van der Waals surface area (Å²) in [6.07, 6.45) is 2.87. The third-order valence-corrected chi connectivity index (χ3v) is 3.16. The van der Waals surface area contributed by atoms with Crippen LogP contribution in [0.5, 0.6) is 0 Å². The fraction of sp³-hybridized carbons (Fsp3) is 0.571. The van der Waals surface area contributed by atoms with Crippen LogP contribution in [0.2, 0.25) is 0 Å². The Labute approximate surface area is 119 Å². The van der Waals surface area contributed by atoms with Gasteiger partial charge in [0.25, 0.3) is 0 Å². The maximum Gasteiger partial charge on any atom is 0.187 e. The molecule has 0 saturated heterocycles. The number of hydrogen-bond donors (Lipinski definition) is 2. The number of thiocarbonyl (C=S) groups is 1. The predicted molar refractivity (Wildman–Crippen MR) is 81.4 cm³/mol. The molecule has 0 aliphatic heterocycles. The van der Waals surface area contributed by atoms with E-state index in [1.54, 1.807) is 6.21 Å². The molecule has 19 heavy (non-hydrogen) atoms. The summed E-state index contributed by atoms with van der Waals surface area (Å²) in [4.78, 5) is 0. The molecule has 0 radical (unpaired) electrons. The molecule has 1 aliphatic carbocycles. The van der Waals surface area contributed by atoms with Crippen LogP contribution >= 0.6 is 12.2 Å². The van der Waals surface area contributed by atoms with Gasteiger partial charge in [-0.15, -0.1) is 0 Å². The van der Waals surface area contributed by atoms with Crippen molar-refractivity contribution in [1.29, 1.82) is 0 Å². The van der Waals surface area contributed by atoms with Crippen LogP contribution in [0, 0.1) is 5.92 Å². The Morgan fingerprint density at radius 2 is 2.16 bits per heavy atom. The van der Waals surface area contributed by atoms with Crippen LogP contribution in [0.25, 0.3) is 0 Å². The molecular formula is C14H21N3OS. The van der Waals surface area contributed by atoms with Gasteiger partial charge in [0.15, 0.2) is 5.11 Å². The first-order valence-electron chi connectivity index (χ1n) is 6.56. The van der Waals surface area contributed by atoms with E-state index in [0.717, 1.165) is 17.4 Å². The highest BCUT2D eigenvalue weighted by atomic mass is 32.1. The second kappa shape index (κ2) is 5.33. The Hall–Kier alpha value is -1.36. The number of nitrogens with one attached hydrogen (secondary N) is 2. The SMILES string of the molecule is C[C@@H]1C[C@@H]1c1ccc(/C=N\NC(=S)NC(C)(C)C)o1. The van der Waals surface area contributed by atoms with Gasteiger partial charge < -0.3 is 9.73 Å². The lowest BCUT2D eigenvalue weighted by Gasteiger charge is -2.21. The highest BCUT2D eigenvalue weighted by molar-refractivity contribution is 7.80. The Kier molecular flexibility index (Phi) is 3.94. The monoisotopic (exact) mass is 279 g/mol. The maximum atomic E-state index is 5.71. The molecule has 104 valence electrons. The third-order valence-electron chi connectivity index (χ3n) is 2.97. The summed E-state index contributed by atoms with van der Waals surface area (Å²) >= 11 is 5.12. The van der Waals surface area contributed by atoms with Crippen molar-refractivity contribution in [3.05, 3.63) is 23.7 Å². The molecule has 0 bridgehead atoms. The minimum atomic E-state index is -0.0699. The molecule has 0 aromatic carbocycles. The van der Waals surface area contributed by atoms with Gasteiger partial charge in [0, 0.05) is 11.5 Å². The lowest BCUT2D eigenvalue weighted by molar-refractivity contribution is 0.499. The van der Waals surface area contributed by atoms with Crippen LogP contribution in [0.3, 0.4) is 0 Å². The first-order valence-corrected chi connectivity index (χ1v) is 6.97. The van der Waals surface area contributed by atoms with Crippen LogP contribution in [0.4, 0.5) is 0 Å². The van der Waals surface area contributed by atoms with Gasteiger partial charge in [0.1, 0.15) is 11.5 Å². The van der Waals surface area contributed by atoms with E-state index in [9.17, 15) is 0 Å². The van der Waals surface area contributed by atoms with Crippen molar-refractivity contribution in [2.45, 2.75) is 45.6 Å². The van der Waals surface area contributed by atoms with Crippen molar-refractivity contribution < 1.29 is 4.42 Å². The molecule has 5 heteroatoms. The summed E-state index contributed by atoms with van der Waals surface area (Å²) in [5.41, 5.74) is 2.71. The van der Waals surface area contributed by atoms with Crippen LogP contribution in [0.1, 0.15) is 51.6 Å². The van der Waals surface area contributed by atoms with Crippen LogP contribution < -0.4 is 10.7 Å². The molecule has 1 fully saturated rings. The van der Waals surface area contributed by atoms with Gasteiger partial charge in [-0.05, 0) is 57.5 Å². The van der Waals surface area contributed by atoms with Gasteiger partial charge in [0.2, 0.25) is 0 Å². The standard InChI is InChI=1S/C14H21N3OS/c1-9-7-11(9)12-6-5-10(18-12)8-15-17-13(19)16-14(2,3)4/h5-6,8-9,11H,7H2,1-4H3,(H2,16,17,19)/b15-8-/t9-,11+/m1/s1. The van der Waals surface area contributed by atoms with E-state index in [4.69, 9.17) is 16.6 Å². The molecule has 1 saturated carbocycles. The van der Waals surface area contributed by atoms with E-state index >= 15 is 0 Å². The first kappa shape index (κ1) is 14.1. The quantitative estimate of drug-likeness (QED) is 0.507. The Bertz CT molecular complexity index is 487. The van der Waals surface area contributed by atoms with E-state index < -0.39 is 0 Å². The van der Waals surface area contributed by atoms with Crippen LogP contribution in [-0.4, -0.2) is 16.9 Å².